The fourth-order valence-electron chi connectivity index (χ4n) is 1.51. The van der Waals surface area contributed by atoms with E-state index in [1.54, 1.807) is 11.4 Å². The molecule has 0 atom stereocenters. The molecule has 1 heterocycles. The number of carboxylic acids is 1. The molecule has 0 spiro atoms. The van der Waals surface area contributed by atoms with Crippen molar-refractivity contribution in [3.8, 4) is 0 Å². The zero-order chi connectivity index (χ0) is 16.0. The van der Waals surface area contributed by atoms with Crippen molar-refractivity contribution < 1.29 is 23.1 Å². The van der Waals surface area contributed by atoms with Crippen LogP contribution in [-0.2, 0) is 19.6 Å². The second-order valence-electron chi connectivity index (χ2n) is 4.15. The highest BCUT2D eigenvalue weighted by Crippen LogP contribution is 2.19. The number of carboxylic acid groups (broad SMARTS) is 1. The highest BCUT2D eigenvalue weighted by atomic mass is 32.2. The van der Waals surface area contributed by atoms with E-state index in [9.17, 15) is 18.0 Å². The lowest BCUT2D eigenvalue weighted by molar-refractivity contribution is -0.144. The van der Waals surface area contributed by atoms with Crippen molar-refractivity contribution in [1.82, 2.24) is 9.21 Å². The second-order valence-corrected chi connectivity index (χ2v) is 7.37. The van der Waals surface area contributed by atoms with Crippen LogP contribution in [0.25, 0.3) is 0 Å². The van der Waals surface area contributed by atoms with E-state index in [4.69, 9.17) is 5.11 Å². The van der Waals surface area contributed by atoms with E-state index in [2.05, 4.69) is 6.58 Å². The number of nitrogens with zero attached hydrogens (tertiary/aromatic N) is 2. The monoisotopic (exact) mass is 332 g/mol. The van der Waals surface area contributed by atoms with Crippen molar-refractivity contribution in [2.45, 2.75) is 4.21 Å². The Bertz CT molecular complexity index is 610. The van der Waals surface area contributed by atoms with Gasteiger partial charge in [0, 0.05) is 13.6 Å². The van der Waals surface area contributed by atoms with Crippen LogP contribution in [0, 0.1) is 0 Å². The summed E-state index contributed by atoms with van der Waals surface area (Å²) >= 11 is 1.05. The number of rotatable bonds is 8. The lowest BCUT2D eigenvalue weighted by atomic mass is 10.4. The van der Waals surface area contributed by atoms with Crippen molar-refractivity contribution in [3.63, 3.8) is 0 Å². The molecule has 0 aliphatic carbocycles. The largest absolute Gasteiger partial charge is 0.480 e. The van der Waals surface area contributed by atoms with Crippen LogP contribution < -0.4 is 0 Å². The second kappa shape index (κ2) is 7.34. The summed E-state index contributed by atoms with van der Waals surface area (Å²) in [5.41, 5.74) is 0. The minimum Gasteiger partial charge on any atom is -0.480 e. The van der Waals surface area contributed by atoms with Gasteiger partial charge in [-0.05, 0) is 11.4 Å². The lowest BCUT2D eigenvalue weighted by Crippen LogP contribution is -2.43. The maximum atomic E-state index is 12.2. The molecule has 0 aromatic carbocycles. The molecule has 116 valence electrons. The van der Waals surface area contributed by atoms with Gasteiger partial charge in [-0.2, -0.15) is 4.31 Å². The highest BCUT2D eigenvalue weighted by Gasteiger charge is 2.26. The maximum absolute atomic E-state index is 12.2. The number of sulfonamides is 1. The third-order valence-corrected chi connectivity index (χ3v) is 5.72. The van der Waals surface area contributed by atoms with E-state index in [1.807, 2.05) is 0 Å². The van der Waals surface area contributed by atoms with Crippen LogP contribution in [0.2, 0.25) is 0 Å². The van der Waals surface area contributed by atoms with E-state index in [-0.39, 0.29) is 10.8 Å². The summed E-state index contributed by atoms with van der Waals surface area (Å²) < 4.78 is 25.4. The molecule has 1 rings (SSSR count). The Kier molecular flexibility index (Phi) is 6.06. The molecule has 0 bridgehead atoms. The molecule has 0 saturated heterocycles. The van der Waals surface area contributed by atoms with Crippen LogP contribution in [0.4, 0.5) is 0 Å². The SMILES string of the molecule is C=CCN(CC(=O)O)C(=O)CN(C)S(=O)(=O)c1cccs1. The molecule has 7 nitrogen and oxygen atoms in total. The zero-order valence-electron chi connectivity index (χ0n) is 11.4. The predicted octanol–water partition coefficient (Wildman–Crippen LogP) is 0.468. The number of carbonyl (C=O) groups is 2. The van der Waals surface area contributed by atoms with E-state index in [0.29, 0.717) is 0 Å². The molecule has 1 aromatic heterocycles. The molecule has 21 heavy (non-hydrogen) atoms. The fraction of sp³-hybridized carbons (Fsp3) is 0.333. The first-order valence-electron chi connectivity index (χ1n) is 5.89. The molecule has 1 aromatic rings. The Morgan fingerprint density at radius 2 is 2.10 bits per heavy atom. The number of thiophene rings is 1. The van der Waals surface area contributed by atoms with Crippen molar-refractivity contribution >= 4 is 33.2 Å². The summed E-state index contributed by atoms with van der Waals surface area (Å²) in [4.78, 5) is 23.7. The fourth-order valence-corrected chi connectivity index (χ4v) is 3.83. The van der Waals surface area contributed by atoms with Gasteiger partial charge in [0.25, 0.3) is 10.0 Å². The summed E-state index contributed by atoms with van der Waals surface area (Å²) in [6.07, 6.45) is 1.38. The molecule has 1 amide bonds. The minimum absolute atomic E-state index is 0.0397. The third kappa shape index (κ3) is 4.66. The quantitative estimate of drug-likeness (QED) is 0.698. The van der Waals surface area contributed by atoms with Gasteiger partial charge in [0.2, 0.25) is 5.91 Å². The van der Waals surface area contributed by atoms with Gasteiger partial charge >= 0.3 is 5.97 Å². The molecule has 0 fully saturated rings. The molecule has 0 aliphatic heterocycles. The number of carbonyl (C=O) groups excluding carboxylic acids is 1. The van der Waals surface area contributed by atoms with Crippen LogP contribution in [0.3, 0.4) is 0 Å². The smallest absolute Gasteiger partial charge is 0.323 e. The van der Waals surface area contributed by atoms with Crippen molar-refractivity contribution in [3.05, 3.63) is 30.2 Å². The van der Waals surface area contributed by atoms with Gasteiger partial charge in [-0.15, -0.1) is 17.9 Å². The summed E-state index contributed by atoms with van der Waals surface area (Å²) in [5.74, 6) is -1.77. The Hall–Kier alpha value is -1.71. The van der Waals surface area contributed by atoms with Crippen LogP contribution in [0.5, 0.6) is 0 Å². The molecule has 0 unspecified atom stereocenters. The first-order chi connectivity index (χ1) is 9.78. The topological polar surface area (TPSA) is 95.0 Å². The lowest BCUT2D eigenvalue weighted by Gasteiger charge is -2.22. The van der Waals surface area contributed by atoms with Gasteiger partial charge in [-0.3, -0.25) is 9.59 Å². The van der Waals surface area contributed by atoms with Gasteiger partial charge in [-0.1, -0.05) is 12.1 Å². The molecule has 0 radical (unpaired) electrons. The summed E-state index contributed by atoms with van der Waals surface area (Å²) in [7, 11) is -2.46. The van der Waals surface area contributed by atoms with Crippen LogP contribution in [0.1, 0.15) is 0 Å². The van der Waals surface area contributed by atoms with Gasteiger partial charge in [-0.25, -0.2) is 8.42 Å². The maximum Gasteiger partial charge on any atom is 0.323 e. The third-order valence-electron chi connectivity index (χ3n) is 2.55. The first kappa shape index (κ1) is 17.3. The minimum atomic E-state index is -3.74. The molecular weight excluding hydrogens is 316 g/mol. The van der Waals surface area contributed by atoms with Crippen molar-refractivity contribution in [2.24, 2.45) is 0 Å². The van der Waals surface area contributed by atoms with Crippen molar-refractivity contribution in [1.29, 1.82) is 0 Å². The van der Waals surface area contributed by atoms with Crippen LogP contribution in [-0.4, -0.2) is 61.3 Å². The molecule has 9 heteroatoms. The average molecular weight is 332 g/mol. The highest BCUT2D eigenvalue weighted by molar-refractivity contribution is 7.91. The van der Waals surface area contributed by atoms with Gasteiger partial charge in [0.05, 0.1) is 6.54 Å². The number of likely N-dealkylation sites (N-methyl/N-ethyl adjacent to an activating group) is 1. The number of amides is 1. The summed E-state index contributed by atoms with van der Waals surface area (Å²) in [6, 6.07) is 3.04. The van der Waals surface area contributed by atoms with E-state index in [0.717, 1.165) is 20.5 Å². The van der Waals surface area contributed by atoms with E-state index >= 15 is 0 Å². The molecule has 0 saturated carbocycles. The first-order valence-corrected chi connectivity index (χ1v) is 8.21. The summed E-state index contributed by atoms with van der Waals surface area (Å²) in [5, 5.41) is 10.4. The Morgan fingerprint density at radius 1 is 1.43 bits per heavy atom. The standard InChI is InChI=1S/C12H16N2O5S2/c1-3-6-14(9-11(16)17)10(15)8-13(2)21(18,19)12-5-4-7-20-12/h3-5,7H,1,6,8-9H2,2H3,(H,16,17). The van der Waals surface area contributed by atoms with Crippen LogP contribution >= 0.6 is 11.3 Å². The molecule has 1 N–H and O–H groups in total. The normalized spacial score (nSPS) is 11.3. The van der Waals surface area contributed by atoms with Crippen molar-refractivity contribution in [2.75, 3.05) is 26.7 Å². The Balaban J connectivity index is 2.80. The van der Waals surface area contributed by atoms with Gasteiger partial charge in [0.1, 0.15) is 10.8 Å². The van der Waals surface area contributed by atoms with Gasteiger partial charge in [0.15, 0.2) is 0 Å². The average Bonchev–Trinajstić information content (AvgIpc) is 2.92. The number of hydrogen-bond donors (Lipinski definition) is 1. The Morgan fingerprint density at radius 3 is 2.57 bits per heavy atom. The van der Waals surface area contributed by atoms with E-state index < -0.39 is 35.0 Å². The molecule has 0 aliphatic rings. The number of hydrogen-bond acceptors (Lipinski definition) is 5. The predicted molar refractivity (Wildman–Crippen MR) is 78.5 cm³/mol. The van der Waals surface area contributed by atoms with Gasteiger partial charge < -0.3 is 10.0 Å². The Labute approximate surface area is 127 Å². The van der Waals surface area contributed by atoms with Crippen LogP contribution in [0.15, 0.2) is 34.4 Å². The van der Waals surface area contributed by atoms with E-state index in [1.165, 1.54) is 19.2 Å². The molecular formula is C12H16N2O5S2. The summed E-state index contributed by atoms with van der Waals surface area (Å²) in [6.45, 7) is 2.55. The zero-order valence-corrected chi connectivity index (χ0v) is 13.1. The number of aliphatic carboxylic acids is 1.